The van der Waals surface area contributed by atoms with Crippen molar-refractivity contribution in [3.8, 4) is 17.2 Å². The fraction of sp³-hybridized carbons (Fsp3) is 0.0833. The van der Waals surface area contributed by atoms with E-state index in [-0.39, 0.29) is 23.1 Å². The molecule has 0 spiro atoms. The molecule has 162 valence electrons. The van der Waals surface area contributed by atoms with Crippen molar-refractivity contribution in [1.29, 1.82) is 0 Å². The van der Waals surface area contributed by atoms with Crippen molar-refractivity contribution >= 4 is 35.2 Å². The Morgan fingerprint density at radius 1 is 1.00 bits per heavy atom. The van der Waals surface area contributed by atoms with Gasteiger partial charge in [-0.15, -0.1) is 0 Å². The van der Waals surface area contributed by atoms with Crippen LogP contribution in [0, 0.1) is 0 Å². The highest BCUT2D eigenvalue weighted by Gasteiger charge is 2.18. The van der Waals surface area contributed by atoms with Gasteiger partial charge in [-0.2, -0.15) is 0 Å². The molecule has 0 saturated heterocycles. The topological polar surface area (TPSA) is 85.9 Å². The Labute approximate surface area is 189 Å². The minimum absolute atomic E-state index is 0.0320. The zero-order chi connectivity index (χ0) is 22.5. The number of carbonyl (C=O) groups is 2. The Morgan fingerprint density at radius 3 is 2.50 bits per heavy atom. The Morgan fingerprint density at radius 2 is 1.75 bits per heavy atom. The van der Waals surface area contributed by atoms with E-state index in [1.54, 1.807) is 79.9 Å². The van der Waals surface area contributed by atoms with Crippen LogP contribution in [0.15, 0.2) is 72.4 Å². The summed E-state index contributed by atoms with van der Waals surface area (Å²) in [5.74, 6) is 0.824. The molecule has 1 heterocycles. The summed E-state index contributed by atoms with van der Waals surface area (Å²) in [7, 11) is 1.56. The third-order valence-electron chi connectivity index (χ3n) is 4.67. The van der Waals surface area contributed by atoms with Gasteiger partial charge in [-0.1, -0.05) is 29.8 Å². The molecule has 2 amide bonds. The van der Waals surface area contributed by atoms with E-state index < -0.39 is 11.8 Å². The standard InChI is InChI=1S/C24H19ClN2O5/c1-30-17-9-7-16(8-10-17)26-24(29)20(27-23(28)18-4-2-3-5-19(18)25)12-15-6-11-21-22(13-15)32-14-31-21/h2-13H,14H2,1H3,(H,26,29)(H,27,28)/b20-12-. The van der Waals surface area contributed by atoms with Crippen LogP contribution < -0.4 is 24.8 Å². The van der Waals surface area contributed by atoms with Crippen molar-refractivity contribution in [3.05, 3.63) is 88.6 Å². The fourth-order valence-corrected chi connectivity index (χ4v) is 3.26. The summed E-state index contributed by atoms with van der Waals surface area (Å²) < 4.78 is 15.9. The first-order valence-electron chi connectivity index (χ1n) is 9.66. The van der Waals surface area contributed by atoms with Gasteiger partial charge in [0.1, 0.15) is 11.4 Å². The normalized spacial score (nSPS) is 12.2. The molecule has 0 fully saturated rings. The number of hydrogen-bond acceptors (Lipinski definition) is 5. The molecule has 4 rings (SSSR count). The van der Waals surface area contributed by atoms with Crippen molar-refractivity contribution in [2.24, 2.45) is 0 Å². The average Bonchev–Trinajstić information content (AvgIpc) is 3.27. The van der Waals surface area contributed by atoms with Gasteiger partial charge >= 0.3 is 0 Å². The van der Waals surface area contributed by atoms with E-state index >= 15 is 0 Å². The predicted molar refractivity (Wildman–Crippen MR) is 121 cm³/mol. The van der Waals surface area contributed by atoms with Crippen LogP contribution in [0.1, 0.15) is 15.9 Å². The van der Waals surface area contributed by atoms with Crippen LogP contribution >= 0.6 is 11.6 Å². The number of fused-ring (bicyclic) bond motifs is 1. The van der Waals surface area contributed by atoms with Gasteiger partial charge in [0.2, 0.25) is 6.79 Å². The summed E-state index contributed by atoms with van der Waals surface area (Å²) in [6, 6.07) is 18.7. The summed E-state index contributed by atoms with van der Waals surface area (Å²) >= 11 is 6.14. The maximum Gasteiger partial charge on any atom is 0.272 e. The first-order chi connectivity index (χ1) is 15.5. The van der Waals surface area contributed by atoms with Crippen LogP contribution in [-0.4, -0.2) is 25.7 Å². The van der Waals surface area contributed by atoms with Crippen LogP contribution in [0.4, 0.5) is 5.69 Å². The van der Waals surface area contributed by atoms with Gasteiger partial charge in [-0.25, -0.2) is 0 Å². The van der Waals surface area contributed by atoms with E-state index in [0.717, 1.165) is 0 Å². The molecule has 0 saturated carbocycles. The highest BCUT2D eigenvalue weighted by atomic mass is 35.5. The molecule has 3 aromatic carbocycles. The molecule has 1 aliphatic heterocycles. The Bertz CT molecular complexity index is 1190. The monoisotopic (exact) mass is 450 g/mol. The van der Waals surface area contributed by atoms with Crippen LogP contribution in [-0.2, 0) is 4.79 Å². The van der Waals surface area contributed by atoms with E-state index in [4.69, 9.17) is 25.8 Å². The molecule has 0 radical (unpaired) electrons. The predicted octanol–water partition coefficient (Wildman–Crippen LogP) is 4.49. The SMILES string of the molecule is COc1ccc(NC(=O)/C(=C/c2ccc3c(c2)OCO3)NC(=O)c2ccccc2Cl)cc1. The quantitative estimate of drug-likeness (QED) is 0.540. The molecule has 0 atom stereocenters. The number of nitrogens with one attached hydrogen (secondary N) is 2. The molecule has 2 N–H and O–H groups in total. The molecule has 0 aromatic heterocycles. The summed E-state index contributed by atoms with van der Waals surface area (Å²) in [5.41, 5.74) is 1.47. The molecule has 8 heteroatoms. The number of anilines is 1. The Balaban J connectivity index is 1.62. The number of hydrogen-bond donors (Lipinski definition) is 2. The molecule has 0 aliphatic carbocycles. The maximum absolute atomic E-state index is 13.0. The molecule has 7 nitrogen and oxygen atoms in total. The number of amides is 2. The van der Waals surface area contributed by atoms with E-state index in [1.807, 2.05) is 0 Å². The molecular weight excluding hydrogens is 432 g/mol. The van der Waals surface area contributed by atoms with Gasteiger partial charge in [-0.3, -0.25) is 9.59 Å². The largest absolute Gasteiger partial charge is 0.497 e. The van der Waals surface area contributed by atoms with Crippen LogP contribution in [0.25, 0.3) is 6.08 Å². The zero-order valence-corrected chi connectivity index (χ0v) is 17.8. The van der Waals surface area contributed by atoms with Crippen molar-refractivity contribution in [2.45, 2.75) is 0 Å². The van der Waals surface area contributed by atoms with Gasteiger partial charge in [-0.05, 0) is 60.2 Å². The van der Waals surface area contributed by atoms with Gasteiger partial charge in [0, 0.05) is 5.69 Å². The van der Waals surface area contributed by atoms with Gasteiger partial charge in [0.05, 0.1) is 17.7 Å². The highest BCUT2D eigenvalue weighted by molar-refractivity contribution is 6.34. The van der Waals surface area contributed by atoms with Crippen molar-refractivity contribution in [1.82, 2.24) is 5.32 Å². The van der Waals surface area contributed by atoms with Crippen molar-refractivity contribution in [2.75, 3.05) is 19.2 Å². The van der Waals surface area contributed by atoms with E-state index in [0.29, 0.717) is 28.5 Å². The second kappa shape index (κ2) is 9.45. The minimum Gasteiger partial charge on any atom is -0.497 e. The smallest absolute Gasteiger partial charge is 0.272 e. The minimum atomic E-state index is -0.507. The van der Waals surface area contributed by atoms with Crippen LogP contribution in [0.5, 0.6) is 17.2 Å². The number of methoxy groups -OCH3 is 1. The summed E-state index contributed by atoms with van der Waals surface area (Å²) in [4.78, 5) is 25.9. The number of carbonyl (C=O) groups excluding carboxylic acids is 2. The van der Waals surface area contributed by atoms with Crippen molar-refractivity contribution < 1.29 is 23.8 Å². The lowest BCUT2D eigenvalue weighted by molar-refractivity contribution is -0.113. The van der Waals surface area contributed by atoms with Crippen LogP contribution in [0.2, 0.25) is 5.02 Å². The molecule has 3 aromatic rings. The Hall–Kier alpha value is -3.97. The van der Waals surface area contributed by atoms with E-state index in [1.165, 1.54) is 0 Å². The van der Waals surface area contributed by atoms with Crippen LogP contribution in [0.3, 0.4) is 0 Å². The molecule has 0 unspecified atom stereocenters. The van der Waals surface area contributed by atoms with Gasteiger partial charge in [0.15, 0.2) is 11.5 Å². The zero-order valence-electron chi connectivity index (χ0n) is 17.1. The molecule has 1 aliphatic rings. The third-order valence-corrected chi connectivity index (χ3v) is 5.00. The summed E-state index contributed by atoms with van der Waals surface area (Å²) in [6.45, 7) is 0.135. The molecular formula is C24H19ClN2O5. The average molecular weight is 451 g/mol. The summed E-state index contributed by atoms with van der Waals surface area (Å²) in [6.07, 6.45) is 1.55. The first-order valence-corrected chi connectivity index (χ1v) is 10.0. The maximum atomic E-state index is 13.0. The first kappa shape index (κ1) is 21.3. The number of rotatable bonds is 6. The Kier molecular flexibility index (Phi) is 6.28. The molecule has 0 bridgehead atoms. The van der Waals surface area contributed by atoms with Gasteiger partial charge in [0.25, 0.3) is 11.8 Å². The lowest BCUT2D eigenvalue weighted by Crippen LogP contribution is -2.30. The molecule has 32 heavy (non-hydrogen) atoms. The van der Waals surface area contributed by atoms with Crippen molar-refractivity contribution in [3.63, 3.8) is 0 Å². The number of benzene rings is 3. The number of halogens is 1. The lowest BCUT2D eigenvalue weighted by atomic mass is 10.1. The second-order valence-corrected chi connectivity index (χ2v) is 7.19. The third kappa shape index (κ3) is 4.84. The second-order valence-electron chi connectivity index (χ2n) is 6.79. The number of ether oxygens (including phenoxy) is 3. The lowest BCUT2D eigenvalue weighted by Gasteiger charge is -2.12. The van der Waals surface area contributed by atoms with E-state index in [9.17, 15) is 9.59 Å². The fourth-order valence-electron chi connectivity index (χ4n) is 3.04. The summed E-state index contributed by atoms with van der Waals surface area (Å²) in [5, 5.41) is 5.71. The van der Waals surface area contributed by atoms with Gasteiger partial charge < -0.3 is 24.8 Å². The highest BCUT2D eigenvalue weighted by Crippen LogP contribution is 2.33. The van der Waals surface area contributed by atoms with E-state index in [2.05, 4.69) is 10.6 Å².